The van der Waals surface area contributed by atoms with Gasteiger partial charge in [-0.2, -0.15) is 8.42 Å². The van der Waals surface area contributed by atoms with Crippen LogP contribution in [0.25, 0.3) is 0 Å². The van der Waals surface area contributed by atoms with Crippen molar-refractivity contribution in [3.05, 3.63) is 12.2 Å². The number of hydrogen-bond acceptors (Lipinski definition) is 11. The van der Waals surface area contributed by atoms with Crippen LogP contribution in [-0.2, 0) is 38.3 Å². The Morgan fingerprint density at radius 3 is 2.07 bits per heavy atom. The number of aliphatic hydroxyl groups excluding tert-OH is 3. The van der Waals surface area contributed by atoms with Gasteiger partial charge in [-0.15, -0.1) is 0 Å². The average Bonchev–Trinajstić information content (AvgIpc) is 2.96. The van der Waals surface area contributed by atoms with E-state index in [1.165, 1.54) is 51.4 Å². The molecule has 0 radical (unpaired) electrons. The van der Waals surface area contributed by atoms with E-state index < -0.39 is 59.8 Å². The van der Waals surface area contributed by atoms with Crippen LogP contribution >= 0.6 is 0 Å². The van der Waals surface area contributed by atoms with E-state index in [1.54, 1.807) is 0 Å². The summed E-state index contributed by atoms with van der Waals surface area (Å²) >= 11 is 0. The molecule has 0 aromatic heterocycles. The molecule has 0 bridgehead atoms. The number of carbonyl (C=O) groups excluding carboxylic acids is 1. The monoisotopic (exact) mass is 640 g/mol. The van der Waals surface area contributed by atoms with Gasteiger partial charge in [0, 0.05) is 13.0 Å². The van der Waals surface area contributed by atoms with Crippen molar-refractivity contribution >= 4 is 16.4 Å². The topological polar surface area (TPSA) is 178 Å². The van der Waals surface area contributed by atoms with Crippen molar-refractivity contribution in [3.8, 4) is 0 Å². The lowest BCUT2D eigenvalue weighted by Crippen LogP contribution is -2.60. The maximum Gasteiger partial charge on any atom is 0.397 e. The molecule has 0 aromatic carbocycles. The van der Waals surface area contributed by atoms with Gasteiger partial charge in [0.2, 0.25) is 0 Å². The lowest BCUT2D eigenvalue weighted by atomic mass is 9.99. The maximum absolute atomic E-state index is 12.3. The Kier molecular flexibility index (Phi) is 22.4. The van der Waals surface area contributed by atoms with E-state index in [1.807, 2.05) is 6.92 Å². The summed E-state index contributed by atoms with van der Waals surface area (Å²) in [5, 5.41) is 30.1. The minimum Gasteiger partial charge on any atom is -0.457 e. The molecule has 12 nitrogen and oxygen atoms in total. The number of hydrogen-bond donors (Lipinski definition) is 4. The molecular weight excluding hydrogens is 584 g/mol. The van der Waals surface area contributed by atoms with Gasteiger partial charge in [0.1, 0.15) is 30.5 Å². The summed E-state index contributed by atoms with van der Waals surface area (Å²) in [4.78, 5) is 12.3. The first-order chi connectivity index (χ1) is 20.6. The number of aliphatic hydroxyl groups is 3. The number of ether oxygens (including phenoxy) is 4. The molecule has 1 aliphatic heterocycles. The van der Waals surface area contributed by atoms with E-state index in [0.717, 1.165) is 32.1 Å². The average molecular weight is 641 g/mol. The summed E-state index contributed by atoms with van der Waals surface area (Å²) in [6, 6.07) is 0. The predicted octanol–water partition coefficient (Wildman–Crippen LogP) is 4.01. The zero-order valence-electron chi connectivity index (χ0n) is 26.0. The molecule has 0 saturated carbocycles. The first-order valence-electron chi connectivity index (χ1n) is 15.9. The third-order valence-electron chi connectivity index (χ3n) is 7.14. The largest absolute Gasteiger partial charge is 0.457 e. The van der Waals surface area contributed by atoms with Crippen molar-refractivity contribution < 1.29 is 56.2 Å². The highest BCUT2D eigenvalue weighted by Crippen LogP contribution is 2.26. The van der Waals surface area contributed by atoms with Crippen molar-refractivity contribution in [3.63, 3.8) is 0 Å². The molecule has 1 saturated heterocycles. The summed E-state index contributed by atoms with van der Waals surface area (Å²) < 4.78 is 57.9. The summed E-state index contributed by atoms with van der Waals surface area (Å²) in [7, 11) is -5.04. The van der Waals surface area contributed by atoms with Crippen molar-refractivity contribution in [2.24, 2.45) is 0 Å². The molecule has 6 unspecified atom stereocenters. The number of unbranched alkanes of at least 4 members (excludes halogenated alkanes) is 11. The van der Waals surface area contributed by atoms with Crippen LogP contribution in [0, 0.1) is 0 Å². The lowest BCUT2D eigenvalue weighted by Gasteiger charge is -2.41. The lowest BCUT2D eigenvalue weighted by molar-refractivity contribution is -0.301. The van der Waals surface area contributed by atoms with Gasteiger partial charge in [0.05, 0.1) is 19.8 Å². The van der Waals surface area contributed by atoms with Crippen molar-refractivity contribution in [1.29, 1.82) is 0 Å². The molecule has 0 spiro atoms. The molecule has 6 atom stereocenters. The third kappa shape index (κ3) is 19.1. The smallest absolute Gasteiger partial charge is 0.397 e. The Bertz CT molecular complexity index is 837. The summed E-state index contributed by atoms with van der Waals surface area (Å²) in [6.07, 6.45) is 11.1. The molecule has 0 aromatic rings. The van der Waals surface area contributed by atoms with E-state index in [4.69, 9.17) is 23.5 Å². The third-order valence-corrected chi connectivity index (χ3v) is 7.60. The Labute approximate surface area is 258 Å². The molecule has 1 aliphatic rings. The highest BCUT2D eigenvalue weighted by molar-refractivity contribution is 7.80. The molecule has 13 heteroatoms. The van der Waals surface area contributed by atoms with Gasteiger partial charge in [0.15, 0.2) is 6.29 Å². The Balaban J connectivity index is 2.42. The summed E-state index contributed by atoms with van der Waals surface area (Å²) in [6.45, 7) is 3.65. The van der Waals surface area contributed by atoms with Crippen molar-refractivity contribution in [1.82, 2.24) is 0 Å². The SMILES string of the molecule is CCCCCC/C=C\CCCCCCCCOCC(COC1OC(CO)C(O)C(OS(=O)(=O)O)C1O)OC(=O)CCCC. The molecule has 254 valence electrons. The highest BCUT2D eigenvalue weighted by atomic mass is 32.3. The molecule has 0 aliphatic carbocycles. The van der Waals surface area contributed by atoms with E-state index in [2.05, 4.69) is 23.3 Å². The number of allylic oxidation sites excluding steroid dienone is 2. The van der Waals surface area contributed by atoms with Gasteiger partial charge >= 0.3 is 16.4 Å². The van der Waals surface area contributed by atoms with Crippen LogP contribution in [0.5, 0.6) is 0 Å². The first kappa shape index (κ1) is 39.9. The molecule has 1 heterocycles. The highest BCUT2D eigenvalue weighted by Gasteiger charge is 2.48. The van der Waals surface area contributed by atoms with E-state index in [9.17, 15) is 28.5 Å². The van der Waals surface area contributed by atoms with Crippen LogP contribution < -0.4 is 0 Å². The van der Waals surface area contributed by atoms with E-state index >= 15 is 0 Å². The fourth-order valence-corrected chi connectivity index (χ4v) is 5.15. The quantitative estimate of drug-likeness (QED) is 0.0463. The van der Waals surface area contributed by atoms with Gasteiger partial charge in [-0.3, -0.25) is 9.35 Å². The summed E-state index contributed by atoms with van der Waals surface area (Å²) in [5.41, 5.74) is 0. The molecule has 0 amide bonds. The van der Waals surface area contributed by atoms with Crippen LogP contribution in [-0.4, -0.2) is 97.5 Å². The second-order valence-electron chi connectivity index (χ2n) is 11.0. The van der Waals surface area contributed by atoms with Gasteiger partial charge < -0.3 is 34.3 Å². The zero-order chi connectivity index (χ0) is 31.9. The van der Waals surface area contributed by atoms with Crippen LogP contribution in [0.1, 0.15) is 110 Å². The van der Waals surface area contributed by atoms with E-state index in [-0.39, 0.29) is 19.6 Å². The van der Waals surface area contributed by atoms with Crippen LogP contribution in [0.2, 0.25) is 0 Å². The predicted molar refractivity (Wildman–Crippen MR) is 161 cm³/mol. The van der Waals surface area contributed by atoms with Crippen LogP contribution in [0.3, 0.4) is 0 Å². The minimum atomic E-state index is -5.04. The maximum atomic E-state index is 12.3. The molecule has 1 fully saturated rings. The van der Waals surface area contributed by atoms with Gasteiger partial charge in [-0.1, -0.05) is 77.4 Å². The minimum absolute atomic E-state index is 0.0302. The Morgan fingerprint density at radius 1 is 0.860 bits per heavy atom. The zero-order valence-corrected chi connectivity index (χ0v) is 26.8. The van der Waals surface area contributed by atoms with Gasteiger partial charge in [-0.05, 0) is 38.5 Å². The Morgan fingerprint density at radius 2 is 1.47 bits per heavy atom. The van der Waals surface area contributed by atoms with Gasteiger partial charge in [0.25, 0.3) is 0 Å². The molecule has 1 rings (SSSR count). The fourth-order valence-electron chi connectivity index (χ4n) is 4.64. The summed E-state index contributed by atoms with van der Waals surface area (Å²) in [5.74, 6) is -0.438. The molecule has 4 N–H and O–H groups in total. The van der Waals surface area contributed by atoms with Crippen molar-refractivity contribution in [2.75, 3.05) is 26.4 Å². The standard InChI is InChI=1S/C30H56O12S/c1-3-5-7-8-9-10-11-12-13-14-15-16-17-18-20-38-22-24(40-26(32)19-6-4-2)23-39-30-28(34)29(42-43(35,36)37)27(33)25(21-31)41-30/h10-11,24-25,27-31,33-34H,3-9,12-23H2,1-2H3,(H,35,36,37)/b11-10-. The molecule has 43 heavy (non-hydrogen) atoms. The van der Waals surface area contributed by atoms with Crippen LogP contribution in [0.4, 0.5) is 0 Å². The number of esters is 1. The van der Waals surface area contributed by atoms with Gasteiger partial charge in [-0.25, -0.2) is 4.18 Å². The van der Waals surface area contributed by atoms with Crippen molar-refractivity contribution in [2.45, 2.75) is 147 Å². The fraction of sp³-hybridized carbons (Fsp3) is 0.900. The Hall–Kier alpha value is -1.16. The van der Waals surface area contributed by atoms with E-state index in [0.29, 0.717) is 13.0 Å². The second kappa shape index (κ2) is 24.1. The molecular formula is C30H56O12S. The van der Waals surface area contributed by atoms with Crippen LogP contribution in [0.15, 0.2) is 12.2 Å². The number of rotatable bonds is 26. The number of carbonyl (C=O) groups is 1. The first-order valence-corrected chi connectivity index (χ1v) is 17.3. The second-order valence-corrected chi connectivity index (χ2v) is 12.1. The normalized spacial score (nSPS) is 23.5.